The fourth-order valence-electron chi connectivity index (χ4n) is 5.28. The highest BCUT2D eigenvalue weighted by Crippen LogP contribution is 2.45. The van der Waals surface area contributed by atoms with Crippen molar-refractivity contribution in [2.24, 2.45) is 16.7 Å². The van der Waals surface area contributed by atoms with Crippen LogP contribution in [0.2, 0.25) is 0 Å². The van der Waals surface area contributed by atoms with Gasteiger partial charge in [0.05, 0.1) is 18.1 Å². The second kappa shape index (κ2) is 12.8. The van der Waals surface area contributed by atoms with Crippen LogP contribution in [0.25, 0.3) is 0 Å². The van der Waals surface area contributed by atoms with Crippen LogP contribution >= 0.6 is 0 Å². The number of aromatic nitrogens is 2. The molecule has 1 heterocycles. The van der Waals surface area contributed by atoms with Crippen LogP contribution in [-0.4, -0.2) is 9.97 Å². The van der Waals surface area contributed by atoms with Crippen molar-refractivity contribution in [2.75, 3.05) is 5.73 Å². The minimum Gasteiger partial charge on any atom is -0.382 e. The Balaban J connectivity index is 2.22. The smallest absolute Gasteiger partial charge is 0.141 e. The van der Waals surface area contributed by atoms with E-state index in [-0.39, 0.29) is 0 Å². The van der Waals surface area contributed by atoms with Gasteiger partial charge in [0.15, 0.2) is 0 Å². The van der Waals surface area contributed by atoms with E-state index in [4.69, 9.17) is 10.7 Å². The Morgan fingerprint density at radius 3 is 2.26 bits per heavy atom. The maximum Gasteiger partial charge on any atom is 0.141 e. The average molecular weight is 430 g/mol. The first kappa shape index (κ1) is 26.1. The maximum atomic E-state index is 5.85. The summed E-state index contributed by atoms with van der Waals surface area (Å²) in [5, 5.41) is 0. The second-order valence-electron chi connectivity index (χ2n) is 11.8. The van der Waals surface area contributed by atoms with Crippen LogP contribution in [0.5, 0.6) is 0 Å². The lowest BCUT2D eigenvalue weighted by atomic mass is 9.68. The van der Waals surface area contributed by atoms with Crippen LogP contribution in [0.4, 0.5) is 5.82 Å². The number of anilines is 1. The van der Waals surface area contributed by atoms with Crippen molar-refractivity contribution in [3.63, 3.8) is 0 Å². The van der Waals surface area contributed by atoms with E-state index in [0.717, 1.165) is 11.6 Å². The first-order chi connectivity index (χ1) is 14.7. The molecular weight excluding hydrogens is 378 g/mol. The minimum absolute atomic E-state index is 0.370. The normalized spacial score (nSPS) is 27.7. The van der Waals surface area contributed by atoms with Gasteiger partial charge in [-0.05, 0) is 55.3 Å². The summed E-state index contributed by atoms with van der Waals surface area (Å²) in [7, 11) is 0. The van der Waals surface area contributed by atoms with Gasteiger partial charge in [0.2, 0.25) is 0 Å². The number of nitrogen functional groups attached to an aromatic ring is 1. The van der Waals surface area contributed by atoms with E-state index in [0.29, 0.717) is 22.6 Å². The summed E-state index contributed by atoms with van der Waals surface area (Å²) in [6.07, 6.45) is 23.9. The van der Waals surface area contributed by atoms with Crippen molar-refractivity contribution < 1.29 is 0 Å². The van der Waals surface area contributed by atoms with Gasteiger partial charge in [-0.25, -0.2) is 4.98 Å². The SMILES string of the molecule is CCC(C)CCC1(C)CCC(C)(C)CCCCCCCCCC(c2cnc(N)cn2)C1. The molecule has 0 amide bonds. The molecule has 2 N–H and O–H groups in total. The monoisotopic (exact) mass is 429 g/mol. The van der Waals surface area contributed by atoms with Crippen molar-refractivity contribution in [1.29, 1.82) is 0 Å². The standard InChI is InChI=1S/C28H51N3/c1-6-23(2)15-17-28(5)19-18-27(3,4)16-13-11-9-7-8-10-12-14-24(20-28)25-21-31-26(29)22-30-25/h21-24H,6-20H2,1-5H3,(H2,29,31). The first-order valence-corrected chi connectivity index (χ1v) is 13.3. The molecule has 31 heavy (non-hydrogen) atoms. The summed E-state index contributed by atoms with van der Waals surface area (Å²) in [5.74, 6) is 1.85. The first-order valence-electron chi connectivity index (χ1n) is 13.3. The van der Waals surface area contributed by atoms with E-state index in [1.54, 1.807) is 6.20 Å². The number of hydrogen-bond donors (Lipinski definition) is 1. The molecule has 0 bridgehead atoms. The number of nitrogens with zero attached hydrogens (tertiary/aromatic N) is 2. The van der Waals surface area contributed by atoms with Crippen molar-refractivity contribution in [3.05, 3.63) is 18.1 Å². The molecular formula is C28H51N3. The Hall–Kier alpha value is -1.12. The fraction of sp³-hybridized carbons (Fsp3) is 0.857. The molecule has 1 aromatic rings. The van der Waals surface area contributed by atoms with Crippen molar-refractivity contribution >= 4 is 5.82 Å². The highest BCUT2D eigenvalue weighted by atomic mass is 14.9. The molecule has 3 atom stereocenters. The molecule has 0 saturated heterocycles. The van der Waals surface area contributed by atoms with Crippen LogP contribution in [-0.2, 0) is 0 Å². The lowest BCUT2D eigenvalue weighted by Crippen LogP contribution is -2.25. The van der Waals surface area contributed by atoms with E-state index in [1.807, 2.05) is 6.20 Å². The van der Waals surface area contributed by atoms with Gasteiger partial charge in [-0.1, -0.05) is 92.4 Å². The molecule has 3 nitrogen and oxygen atoms in total. The van der Waals surface area contributed by atoms with Crippen molar-refractivity contribution in [1.82, 2.24) is 9.97 Å². The summed E-state index contributed by atoms with van der Waals surface area (Å²) in [6, 6.07) is 0. The second-order valence-corrected chi connectivity index (χ2v) is 11.8. The Morgan fingerprint density at radius 1 is 0.935 bits per heavy atom. The summed E-state index contributed by atoms with van der Waals surface area (Å²) >= 11 is 0. The van der Waals surface area contributed by atoms with Gasteiger partial charge in [-0.2, -0.15) is 0 Å². The summed E-state index contributed by atoms with van der Waals surface area (Å²) < 4.78 is 0. The van der Waals surface area contributed by atoms with E-state index < -0.39 is 0 Å². The molecule has 0 spiro atoms. The van der Waals surface area contributed by atoms with Crippen LogP contribution in [0.15, 0.2) is 12.4 Å². The van der Waals surface area contributed by atoms with Crippen LogP contribution in [0, 0.1) is 16.7 Å². The van der Waals surface area contributed by atoms with E-state index in [9.17, 15) is 0 Å². The number of hydrogen-bond acceptors (Lipinski definition) is 3. The lowest BCUT2D eigenvalue weighted by molar-refractivity contribution is 0.161. The third-order valence-electron chi connectivity index (χ3n) is 8.10. The van der Waals surface area contributed by atoms with Gasteiger partial charge in [-0.15, -0.1) is 0 Å². The Kier molecular flexibility index (Phi) is 10.8. The lowest BCUT2D eigenvalue weighted by Gasteiger charge is -2.37. The fourth-order valence-corrected chi connectivity index (χ4v) is 5.28. The zero-order valence-electron chi connectivity index (χ0n) is 21.4. The predicted molar refractivity (Wildman–Crippen MR) is 135 cm³/mol. The minimum atomic E-state index is 0.370. The van der Waals surface area contributed by atoms with Gasteiger partial charge in [0.25, 0.3) is 0 Å². The highest BCUT2D eigenvalue weighted by Gasteiger charge is 2.32. The van der Waals surface area contributed by atoms with E-state index >= 15 is 0 Å². The molecule has 1 saturated carbocycles. The zero-order chi connectivity index (χ0) is 22.7. The largest absolute Gasteiger partial charge is 0.382 e. The zero-order valence-corrected chi connectivity index (χ0v) is 21.4. The molecule has 178 valence electrons. The molecule has 3 unspecified atom stereocenters. The molecule has 1 aromatic heterocycles. The molecule has 2 rings (SSSR count). The maximum absolute atomic E-state index is 5.85. The molecule has 0 aliphatic heterocycles. The Bertz CT molecular complexity index is 609. The summed E-state index contributed by atoms with van der Waals surface area (Å²) in [5.41, 5.74) is 7.83. The molecule has 1 aliphatic rings. The predicted octanol–water partition coefficient (Wildman–Crippen LogP) is 8.70. The molecule has 1 fully saturated rings. The third kappa shape index (κ3) is 9.91. The summed E-state index contributed by atoms with van der Waals surface area (Å²) in [6.45, 7) is 12.3. The Morgan fingerprint density at radius 2 is 1.61 bits per heavy atom. The van der Waals surface area contributed by atoms with E-state index in [1.165, 1.54) is 96.3 Å². The third-order valence-corrected chi connectivity index (χ3v) is 8.10. The van der Waals surface area contributed by atoms with Crippen LogP contribution in [0.1, 0.15) is 143 Å². The number of rotatable bonds is 5. The van der Waals surface area contributed by atoms with Crippen molar-refractivity contribution in [3.8, 4) is 0 Å². The highest BCUT2D eigenvalue weighted by molar-refractivity contribution is 5.24. The van der Waals surface area contributed by atoms with Gasteiger partial charge < -0.3 is 5.73 Å². The van der Waals surface area contributed by atoms with Gasteiger partial charge in [0, 0.05) is 5.92 Å². The van der Waals surface area contributed by atoms with Gasteiger partial charge in [-0.3, -0.25) is 4.98 Å². The molecule has 3 heteroatoms. The van der Waals surface area contributed by atoms with Crippen LogP contribution in [0.3, 0.4) is 0 Å². The summed E-state index contributed by atoms with van der Waals surface area (Å²) in [4.78, 5) is 9.13. The quantitative estimate of drug-likeness (QED) is 0.509. The molecule has 0 radical (unpaired) electrons. The molecule has 1 aliphatic carbocycles. The van der Waals surface area contributed by atoms with Crippen LogP contribution < -0.4 is 5.73 Å². The van der Waals surface area contributed by atoms with Crippen molar-refractivity contribution in [2.45, 2.75) is 137 Å². The average Bonchev–Trinajstić information content (AvgIpc) is 2.75. The molecule has 0 aromatic carbocycles. The van der Waals surface area contributed by atoms with Gasteiger partial charge >= 0.3 is 0 Å². The van der Waals surface area contributed by atoms with E-state index in [2.05, 4.69) is 39.6 Å². The van der Waals surface area contributed by atoms with Gasteiger partial charge in [0.1, 0.15) is 5.82 Å². The topological polar surface area (TPSA) is 51.8 Å². The Labute approximate surface area is 193 Å². The number of nitrogens with two attached hydrogens (primary N) is 1.